The van der Waals surface area contributed by atoms with Gasteiger partial charge in [0.05, 0.1) is 22.3 Å². The number of benzene rings is 3. The molecule has 2 heterocycles. The molecule has 9 nitrogen and oxygen atoms in total. The number of aryl methyl sites for hydroxylation is 1. The third-order valence-electron chi connectivity index (χ3n) is 8.36. The molecule has 0 bridgehead atoms. The predicted octanol–water partition coefficient (Wildman–Crippen LogP) is 7.44. The summed E-state index contributed by atoms with van der Waals surface area (Å²) in [4.78, 5) is 30.1. The fourth-order valence-electron chi connectivity index (χ4n) is 6.08. The zero-order valence-corrected chi connectivity index (χ0v) is 24.7. The summed E-state index contributed by atoms with van der Waals surface area (Å²) in [5, 5.41) is 18.5. The highest BCUT2D eigenvalue weighted by Gasteiger charge is 2.34. The van der Waals surface area contributed by atoms with Crippen molar-refractivity contribution in [3.63, 3.8) is 0 Å². The second kappa shape index (κ2) is 12.7. The lowest BCUT2D eigenvalue weighted by Crippen LogP contribution is -2.21. The van der Waals surface area contributed by atoms with Crippen molar-refractivity contribution in [2.75, 3.05) is 10.6 Å². The Morgan fingerprint density at radius 3 is 2.35 bits per heavy atom. The molecule has 1 aliphatic carbocycles. The third-order valence-corrected chi connectivity index (χ3v) is 8.36. The molecule has 236 valence electrons. The summed E-state index contributed by atoms with van der Waals surface area (Å²) >= 11 is 0. The molecule has 0 unspecified atom stereocenters. The van der Waals surface area contributed by atoms with Gasteiger partial charge in [0.15, 0.2) is 0 Å². The molecule has 0 aliphatic heterocycles. The number of pyridine rings is 1. The van der Waals surface area contributed by atoms with Crippen LogP contribution in [0.3, 0.4) is 0 Å². The summed E-state index contributed by atoms with van der Waals surface area (Å²) in [5.74, 6) is -0.979. The van der Waals surface area contributed by atoms with Gasteiger partial charge in [0.25, 0.3) is 5.91 Å². The second-order valence-corrected chi connectivity index (χ2v) is 11.5. The van der Waals surface area contributed by atoms with Crippen molar-refractivity contribution in [2.24, 2.45) is 5.92 Å². The topological polar surface area (TPSA) is 126 Å². The second-order valence-electron chi connectivity index (χ2n) is 11.5. The van der Waals surface area contributed by atoms with Crippen LogP contribution in [0.5, 0.6) is 0 Å². The van der Waals surface area contributed by atoms with Crippen LogP contribution in [-0.2, 0) is 11.0 Å². The van der Waals surface area contributed by atoms with Crippen LogP contribution in [0.15, 0.2) is 66.7 Å². The molecular formula is C33H29F4N7O2. The number of nitrogens with zero attached hydrogens (tertiary/aromatic N) is 4. The summed E-state index contributed by atoms with van der Waals surface area (Å²) in [6, 6.07) is 17.3. The number of alkyl halides is 3. The van der Waals surface area contributed by atoms with Gasteiger partial charge in [-0.2, -0.15) is 13.2 Å². The Morgan fingerprint density at radius 1 is 0.913 bits per heavy atom. The fraction of sp³-hybridized carbons (Fsp3) is 0.273. The molecule has 46 heavy (non-hydrogen) atoms. The smallest absolute Gasteiger partial charge is 0.321 e. The summed E-state index contributed by atoms with van der Waals surface area (Å²) in [5.41, 5.74) is 2.45. The van der Waals surface area contributed by atoms with Gasteiger partial charge in [0.2, 0.25) is 11.9 Å². The number of aromatic nitrogens is 5. The van der Waals surface area contributed by atoms with E-state index in [9.17, 15) is 27.2 Å². The van der Waals surface area contributed by atoms with E-state index in [1.165, 1.54) is 11.6 Å². The maximum Gasteiger partial charge on any atom is 0.418 e. The molecule has 0 spiro atoms. The molecule has 1 saturated carbocycles. The lowest BCUT2D eigenvalue weighted by Gasteiger charge is -2.28. The first-order valence-electron chi connectivity index (χ1n) is 14.8. The zero-order chi connectivity index (χ0) is 32.4. The minimum atomic E-state index is -4.85. The molecule has 0 saturated heterocycles. The van der Waals surface area contributed by atoms with Crippen LogP contribution < -0.4 is 10.6 Å². The molecular weight excluding hydrogens is 602 g/mol. The number of halogens is 4. The first-order valence-corrected chi connectivity index (χ1v) is 14.8. The molecule has 1 aliphatic rings. The van der Waals surface area contributed by atoms with Crippen LogP contribution in [0.2, 0.25) is 0 Å². The number of carbonyl (C=O) groups excluding carboxylic acids is 2. The summed E-state index contributed by atoms with van der Waals surface area (Å²) < 4.78 is 54.0. The Hall–Kier alpha value is -5.20. The third kappa shape index (κ3) is 6.87. The summed E-state index contributed by atoms with van der Waals surface area (Å²) in [6.07, 6.45) is -0.578. The molecule has 6 rings (SSSR count). The maximum atomic E-state index is 13.6. The molecule has 5 aromatic rings. The lowest BCUT2D eigenvalue weighted by molar-refractivity contribution is -0.137. The summed E-state index contributed by atoms with van der Waals surface area (Å²) in [7, 11) is 0. The molecule has 13 heteroatoms. The highest BCUT2D eigenvalue weighted by molar-refractivity contribution is 6.13. The van der Waals surface area contributed by atoms with E-state index < -0.39 is 29.2 Å². The summed E-state index contributed by atoms with van der Waals surface area (Å²) in [6.45, 7) is 1.70. The normalized spacial score (nSPS) is 16.7. The van der Waals surface area contributed by atoms with E-state index in [4.69, 9.17) is 0 Å². The average Bonchev–Trinajstić information content (AvgIpc) is 3.54. The number of hydrogen-bond donors (Lipinski definition) is 3. The van der Waals surface area contributed by atoms with Gasteiger partial charge >= 0.3 is 6.18 Å². The van der Waals surface area contributed by atoms with E-state index in [1.54, 1.807) is 13.0 Å². The maximum absolute atomic E-state index is 13.6. The van der Waals surface area contributed by atoms with Crippen molar-refractivity contribution in [1.82, 2.24) is 25.6 Å². The fourth-order valence-corrected chi connectivity index (χ4v) is 6.08. The van der Waals surface area contributed by atoms with E-state index in [0.29, 0.717) is 40.9 Å². The van der Waals surface area contributed by atoms with Gasteiger partial charge in [0, 0.05) is 17.5 Å². The number of H-pyrrole nitrogens is 1. The number of carbonyl (C=O) groups is 2. The van der Waals surface area contributed by atoms with E-state index >= 15 is 0 Å². The van der Waals surface area contributed by atoms with Crippen molar-refractivity contribution in [3.05, 3.63) is 94.9 Å². The van der Waals surface area contributed by atoms with Gasteiger partial charge in [-0.05, 0) is 102 Å². The van der Waals surface area contributed by atoms with Gasteiger partial charge < -0.3 is 5.32 Å². The van der Waals surface area contributed by atoms with Crippen LogP contribution in [0, 0.1) is 18.7 Å². The van der Waals surface area contributed by atoms with Crippen molar-refractivity contribution in [1.29, 1.82) is 0 Å². The van der Waals surface area contributed by atoms with E-state index in [2.05, 4.69) is 48.4 Å². The largest absolute Gasteiger partial charge is 0.418 e. The number of aromatic amines is 1. The Labute approximate surface area is 260 Å². The van der Waals surface area contributed by atoms with E-state index in [-0.39, 0.29) is 17.4 Å². The zero-order valence-electron chi connectivity index (χ0n) is 24.7. The highest BCUT2D eigenvalue weighted by atomic mass is 19.4. The van der Waals surface area contributed by atoms with Crippen molar-refractivity contribution < 1.29 is 27.2 Å². The Kier molecular flexibility index (Phi) is 8.48. The number of nitrogens with one attached hydrogen (secondary N) is 3. The molecule has 3 aromatic carbocycles. The molecule has 2 amide bonds. The number of tetrazole rings is 1. The number of anilines is 2. The van der Waals surface area contributed by atoms with Crippen molar-refractivity contribution in [2.45, 2.75) is 51.1 Å². The lowest BCUT2D eigenvalue weighted by atomic mass is 9.77. The number of hydrogen-bond acceptors (Lipinski definition) is 6. The Bertz CT molecular complexity index is 1890. The minimum Gasteiger partial charge on any atom is -0.321 e. The Balaban J connectivity index is 1.14. The standard InChI is InChI=1S/C33H29F4N7O2/c1-18-14-26(31(46)39-28-13-11-24(34)17-27(28)33(35,36)37)25-12-10-23(16-29(25)38-18)22-8-6-21(7-9-22)20-4-2-19(3-5-20)15-30(45)40-32-41-43-44-42-32/h6-14,16-17,19-20H,2-5,15H2,1H3,(H,39,46)(H2,40,41,42,43,44,45)/t19-,20-. The molecule has 3 N–H and O–H groups in total. The molecule has 2 aromatic heterocycles. The highest BCUT2D eigenvalue weighted by Crippen LogP contribution is 2.38. The van der Waals surface area contributed by atoms with Crippen molar-refractivity contribution >= 4 is 34.4 Å². The van der Waals surface area contributed by atoms with Gasteiger partial charge in [-0.25, -0.2) is 9.49 Å². The molecule has 1 fully saturated rings. The van der Waals surface area contributed by atoms with Gasteiger partial charge in [-0.3, -0.25) is 19.9 Å². The number of amides is 2. The monoisotopic (exact) mass is 631 g/mol. The number of rotatable bonds is 7. The van der Waals surface area contributed by atoms with Gasteiger partial charge in [-0.1, -0.05) is 41.5 Å². The Morgan fingerprint density at radius 2 is 1.65 bits per heavy atom. The SMILES string of the molecule is Cc1cc(C(=O)Nc2ccc(F)cc2C(F)(F)F)c2ccc(-c3ccc([C@H]4CC[C@H](CC(=O)Nc5nnn[nH]5)CC4)cc3)cc2n1. The van der Waals surface area contributed by atoms with E-state index in [0.717, 1.165) is 48.9 Å². The first kappa shape index (κ1) is 30.8. The predicted molar refractivity (Wildman–Crippen MR) is 163 cm³/mol. The van der Waals surface area contributed by atoms with Crippen LogP contribution in [0.1, 0.15) is 65.2 Å². The van der Waals surface area contributed by atoms with Gasteiger partial charge in [-0.15, -0.1) is 0 Å². The first-order chi connectivity index (χ1) is 22.0. The van der Waals surface area contributed by atoms with Crippen LogP contribution >= 0.6 is 0 Å². The molecule has 0 radical (unpaired) electrons. The molecule has 0 atom stereocenters. The minimum absolute atomic E-state index is 0.109. The van der Waals surface area contributed by atoms with Crippen LogP contribution in [0.25, 0.3) is 22.0 Å². The van der Waals surface area contributed by atoms with Crippen LogP contribution in [0.4, 0.5) is 29.2 Å². The van der Waals surface area contributed by atoms with Gasteiger partial charge in [0.1, 0.15) is 5.82 Å². The average molecular weight is 632 g/mol. The number of fused-ring (bicyclic) bond motifs is 1. The van der Waals surface area contributed by atoms with Crippen LogP contribution in [-0.4, -0.2) is 37.4 Å². The van der Waals surface area contributed by atoms with E-state index in [1.807, 2.05) is 24.3 Å². The quantitative estimate of drug-likeness (QED) is 0.160. The van der Waals surface area contributed by atoms with Crippen molar-refractivity contribution in [3.8, 4) is 11.1 Å².